The molecule has 2 saturated heterocycles. The number of carbonyl (C=O) groups excluding carboxylic acids is 4. The maximum Gasteiger partial charge on any atom is 0.410 e. The number of benzene rings is 1. The van der Waals surface area contributed by atoms with Crippen LogP contribution in [0.2, 0.25) is 10.0 Å². The molecule has 1 unspecified atom stereocenters. The molecular formula is C25H27Cl2F5N4O5. The Hall–Kier alpha value is -2.87. The summed E-state index contributed by atoms with van der Waals surface area (Å²) in [6, 6.07) is 2.75. The maximum atomic E-state index is 14.7. The van der Waals surface area contributed by atoms with Crippen LogP contribution in [0.4, 0.5) is 26.7 Å². The lowest BCUT2D eigenvalue weighted by molar-refractivity contribution is -0.205. The fraction of sp³-hybridized carbons (Fsp3) is 0.600. The van der Waals surface area contributed by atoms with Crippen molar-refractivity contribution in [2.24, 2.45) is 16.7 Å². The lowest BCUT2D eigenvalue weighted by atomic mass is 9.70. The Balaban J connectivity index is 1.48. The highest BCUT2D eigenvalue weighted by atomic mass is 35.5. The van der Waals surface area contributed by atoms with Gasteiger partial charge in [-0.15, -0.1) is 0 Å². The number of likely N-dealkylation sites (tertiary alicyclic amines) is 2. The number of nitrogens with one attached hydrogen (secondary N) is 2. The molecule has 3 fully saturated rings. The molecule has 0 radical (unpaired) electrons. The van der Waals surface area contributed by atoms with E-state index in [2.05, 4.69) is 0 Å². The summed E-state index contributed by atoms with van der Waals surface area (Å²) in [5, 5.41) is -0.241. The number of amides is 4. The van der Waals surface area contributed by atoms with Crippen molar-refractivity contribution < 1.29 is 45.9 Å². The van der Waals surface area contributed by atoms with E-state index in [-0.39, 0.29) is 49.1 Å². The Morgan fingerprint density at radius 1 is 0.927 bits per heavy atom. The van der Waals surface area contributed by atoms with Gasteiger partial charge in [0, 0.05) is 37.2 Å². The summed E-state index contributed by atoms with van der Waals surface area (Å²) in [6.07, 6.45) is -6.22. The second-order valence-corrected chi connectivity index (χ2v) is 12.5. The molecule has 2 N–H and O–H groups in total. The molecule has 4 amide bonds. The molecule has 2 aliphatic heterocycles. The van der Waals surface area contributed by atoms with Crippen molar-refractivity contribution in [1.82, 2.24) is 20.7 Å². The number of carbonyl (C=O) groups is 4. The summed E-state index contributed by atoms with van der Waals surface area (Å²) < 4.78 is 75.3. The third-order valence-corrected chi connectivity index (χ3v) is 8.22. The van der Waals surface area contributed by atoms with Crippen LogP contribution in [0, 0.1) is 16.7 Å². The quantitative estimate of drug-likeness (QED) is 0.382. The van der Waals surface area contributed by atoms with E-state index in [1.165, 1.54) is 4.90 Å². The zero-order valence-electron chi connectivity index (χ0n) is 22.1. The minimum atomic E-state index is -4.73. The molecule has 1 aromatic carbocycles. The first-order valence-electron chi connectivity index (χ1n) is 12.5. The SMILES string of the molecule is CC(C)(C)OC(=O)N1CC(C(=O)NNC(=O)C(F)(F)c2ccc(Cl)c(Cl)c2)C2(C1)CN(C(=O)C1(C(F)(F)F)CC1)C2. The van der Waals surface area contributed by atoms with Crippen molar-refractivity contribution in [3.63, 3.8) is 0 Å². The van der Waals surface area contributed by atoms with E-state index in [4.69, 9.17) is 27.9 Å². The van der Waals surface area contributed by atoms with Crippen molar-refractivity contribution in [1.29, 1.82) is 0 Å². The van der Waals surface area contributed by atoms with Crippen LogP contribution in [-0.2, 0) is 25.0 Å². The molecule has 4 rings (SSSR count). The fourth-order valence-electron chi connectivity index (χ4n) is 5.13. The number of hydrogen-bond acceptors (Lipinski definition) is 5. The highest BCUT2D eigenvalue weighted by molar-refractivity contribution is 6.42. The molecule has 0 bridgehead atoms. The van der Waals surface area contributed by atoms with E-state index in [0.29, 0.717) is 0 Å². The van der Waals surface area contributed by atoms with Gasteiger partial charge in [-0.25, -0.2) is 4.79 Å². The summed E-state index contributed by atoms with van der Waals surface area (Å²) >= 11 is 11.5. The van der Waals surface area contributed by atoms with Crippen LogP contribution in [0.15, 0.2) is 18.2 Å². The Labute approximate surface area is 241 Å². The molecule has 1 aliphatic carbocycles. The van der Waals surface area contributed by atoms with Crippen LogP contribution in [0.1, 0.15) is 39.2 Å². The van der Waals surface area contributed by atoms with Gasteiger partial charge in [-0.05, 0) is 45.7 Å². The van der Waals surface area contributed by atoms with Gasteiger partial charge >= 0.3 is 24.1 Å². The van der Waals surface area contributed by atoms with Gasteiger partial charge in [-0.2, -0.15) is 22.0 Å². The topological polar surface area (TPSA) is 108 Å². The number of rotatable bonds is 4. The molecule has 0 aromatic heterocycles. The van der Waals surface area contributed by atoms with Crippen molar-refractivity contribution in [2.45, 2.75) is 51.3 Å². The lowest BCUT2D eigenvalue weighted by Crippen LogP contribution is -2.66. The zero-order valence-corrected chi connectivity index (χ0v) is 23.6. The standard InChI is InChI=1S/C25H27Cl2F5N4O5/c1-21(2,3)41-20(40)35-9-14(22(10-35)11-36(12-22)19(39)23(6-7-23)25(30,31)32)17(37)33-34-18(38)24(28,29)13-4-5-15(26)16(27)8-13/h4-5,8,14H,6-7,9-12H2,1-3H3,(H,33,37)(H,34,38). The van der Waals surface area contributed by atoms with Gasteiger partial charge in [0.2, 0.25) is 11.8 Å². The normalized spacial score (nSPS) is 21.3. The number of alkyl halides is 5. The zero-order chi connectivity index (χ0) is 30.8. The van der Waals surface area contributed by atoms with Gasteiger partial charge in [-0.3, -0.25) is 25.2 Å². The van der Waals surface area contributed by atoms with Crippen LogP contribution < -0.4 is 10.9 Å². The summed E-state index contributed by atoms with van der Waals surface area (Å²) in [6.45, 7) is 3.84. The van der Waals surface area contributed by atoms with Gasteiger partial charge in [0.05, 0.1) is 16.0 Å². The Bertz CT molecular complexity index is 1280. The smallest absolute Gasteiger partial charge is 0.410 e. The minimum absolute atomic E-state index is 0.0168. The first kappa shape index (κ1) is 31.1. The van der Waals surface area contributed by atoms with Crippen molar-refractivity contribution >= 4 is 47.0 Å². The van der Waals surface area contributed by atoms with Crippen molar-refractivity contribution in [2.75, 3.05) is 26.2 Å². The van der Waals surface area contributed by atoms with Gasteiger partial charge in [-0.1, -0.05) is 29.3 Å². The van der Waals surface area contributed by atoms with Crippen LogP contribution in [0.5, 0.6) is 0 Å². The number of hydrazine groups is 1. The molecule has 41 heavy (non-hydrogen) atoms. The second-order valence-electron chi connectivity index (χ2n) is 11.7. The van der Waals surface area contributed by atoms with E-state index in [1.807, 2.05) is 5.43 Å². The average molecular weight is 629 g/mol. The molecule has 1 spiro atoms. The van der Waals surface area contributed by atoms with Crippen molar-refractivity contribution in [3.05, 3.63) is 33.8 Å². The minimum Gasteiger partial charge on any atom is -0.444 e. The van der Waals surface area contributed by atoms with Gasteiger partial charge in [0.25, 0.3) is 0 Å². The predicted octanol–water partition coefficient (Wildman–Crippen LogP) is 4.27. The Kier molecular flexibility index (Phi) is 7.69. The van der Waals surface area contributed by atoms with E-state index in [1.54, 1.807) is 26.2 Å². The van der Waals surface area contributed by atoms with E-state index in [0.717, 1.165) is 23.1 Å². The monoisotopic (exact) mass is 628 g/mol. The maximum absolute atomic E-state index is 14.7. The molecule has 1 atom stereocenters. The molecular weight excluding hydrogens is 602 g/mol. The van der Waals surface area contributed by atoms with Crippen molar-refractivity contribution in [3.8, 4) is 0 Å². The summed E-state index contributed by atoms with van der Waals surface area (Å²) in [5.74, 6) is -9.28. The van der Waals surface area contributed by atoms with E-state index in [9.17, 15) is 41.1 Å². The first-order chi connectivity index (χ1) is 18.7. The number of hydrogen-bond donors (Lipinski definition) is 2. The molecule has 9 nitrogen and oxygen atoms in total. The highest BCUT2D eigenvalue weighted by Gasteiger charge is 2.71. The number of nitrogens with zero attached hydrogens (tertiary/aromatic N) is 2. The van der Waals surface area contributed by atoms with Crippen LogP contribution in [0.3, 0.4) is 0 Å². The molecule has 1 aromatic rings. The molecule has 2 heterocycles. The van der Waals surface area contributed by atoms with Crippen LogP contribution in [0.25, 0.3) is 0 Å². The summed E-state index contributed by atoms with van der Waals surface area (Å²) in [4.78, 5) is 53.1. The third kappa shape index (κ3) is 5.77. The Morgan fingerprint density at radius 3 is 2.02 bits per heavy atom. The summed E-state index contributed by atoms with van der Waals surface area (Å²) in [5.41, 5.74) is -1.75. The predicted molar refractivity (Wildman–Crippen MR) is 135 cm³/mol. The first-order valence-corrected chi connectivity index (χ1v) is 13.3. The van der Waals surface area contributed by atoms with Crippen LogP contribution in [-0.4, -0.2) is 71.6 Å². The third-order valence-electron chi connectivity index (χ3n) is 7.48. The number of ether oxygens (including phenoxy) is 1. The molecule has 16 heteroatoms. The Morgan fingerprint density at radius 2 is 1.51 bits per heavy atom. The second kappa shape index (κ2) is 10.1. The number of halogens is 7. The van der Waals surface area contributed by atoms with Gasteiger partial charge in [0.1, 0.15) is 11.0 Å². The molecule has 3 aliphatic rings. The highest BCUT2D eigenvalue weighted by Crippen LogP contribution is 2.60. The fourth-order valence-corrected chi connectivity index (χ4v) is 5.42. The van der Waals surface area contributed by atoms with Gasteiger partial charge < -0.3 is 14.5 Å². The largest absolute Gasteiger partial charge is 0.444 e. The van der Waals surface area contributed by atoms with Crippen LogP contribution >= 0.6 is 23.2 Å². The average Bonchev–Trinajstić information content (AvgIpc) is 3.55. The lowest BCUT2D eigenvalue weighted by Gasteiger charge is -2.51. The molecule has 1 saturated carbocycles. The van der Waals surface area contributed by atoms with Gasteiger partial charge in [0.15, 0.2) is 0 Å². The van der Waals surface area contributed by atoms with E-state index >= 15 is 0 Å². The summed E-state index contributed by atoms with van der Waals surface area (Å²) in [7, 11) is 0. The molecule has 226 valence electrons. The van der Waals surface area contributed by atoms with E-state index < -0.39 is 63.8 Å².